The van der Waals surface area contributed by atoms with Crippen molar-refractivity contribution < 1.29 is 0 Å². The van der Waals surface area contributed by atoms with E-state index in [1.807, 2.05) is 25.1 Å². The predicted octanol–water partition coefficient (Wildman–Crippen LogP) is 2.68. The lowest BCUT2D eigenvalue weighted by Crippen LogP contribution is -2.34. The molecular weight excluding hydrogens is 198 g/mol. The molecule has 84 valence electrons. The molecule has 1 aromatic carbocycles. The lowest BCUT2D eigenvalue weighted by Gasteiger charge is -2.28. The number of nitrogens with zero attached hydrogens (tertiary/aromatic N) is 2. The first-order valence-corrected chi connectivity index (χ1v) is 5.82. The molecule has 1 aromatic rings. The van der Waals surface area contributed by atoms with E-state index in [4.69, 9.17) is 5.26 Å². The number of hydrogen-bond acceptors (Lipinski definition) is 3. The fraction of sp³-hybridized carbons (Fsp3) is 0.462. The number of hydrogen-bond donors (Lipinski definition) is 1. The Kier molecular flexibility index (Phi) is 3.43. The van der Waals surface area contributed by atoms with Crippen LogP contribution in [0.3, 0.4) is 0 Å². The van der Waals surface area contributed by atoms with Gasteiger partial charge in [0.05, 0.1) is 11.6 Å². The van der Waals surface area contributed by atoms with Crippen LogP contribution >= 0.6 is 0 Å². The first kappa shape index (κ1) is 11.0. The molecule has 3 heteroatoms. The van der Waals surface area contributed by atoms with Gasteiger partial charge in [-0.3, -0.25) is 0 Å². The van der Waals surface area contributed by atoms with Crippen molar-refractivity contribution in [3.8, 4) is 6.07 Å². The number of benzene rings is 1. The van der Waals surface area contributed by atoms with Crippen LogP contribution in [0.1, 0.15) is 30.4 Å². The van der Waals surface area contributed by atoms with E-state index < -0.39 is 0 Å². The van der Waals surface area contributed by atoms with Crippen LogP contribution in [0.15, 0.2) is 18.2 Å². The molecule has 1 N–H and O–H groups in total. The third kappa shape index (κ3) is 2.53. The van der Waals surface area contributed by atoms with Crippen molar-refractivity contribution in [2.24, 2.45) is 0 Å². The van der Waals surface area contributed by atoms with Gasteiger partial charge in [0.25, 0.3) is 0 Å². The van der Waals surface area contributed by atoms with Crippen molar-refractivity contribution in [3.05, 3.63) is 29.3 Å². The van der Waals surface area contributed by atoms with Crippen LogP contribution in [0, 0.1) is 18.3 Å². The SMILES string of the molecule is Cc1cc(NN2CCCCC2)ccc1C#N. The number of anilines is 1. The van der Waals surface area contributed by atoms with E-state index in [1.165, 1.54) is 19.3 Å². The average molecular weight is 215 g/mol. The normalized spacial score (nSPS) is 16.8. The minimum absolute atomic E-state index is 0.754. The van der Waals surface area contributed by atoms with Crippen LogP contribution in [0.2, 0.25) is 0 Å². The van der Waals surface area contributed by atoms with E-state index in [0.717, 1.165) is 29.9 Å². The van der Waals surface area contributed by atoms with Gasteiger partial charge in [-0.2, -0.15) is 5.26 Å². The zero-order chi connectivity index (χ0) is 11.4. The maximum atomic E-state index is 8.85. The third-order valence-corrected chi connectivity index (χ3v) is 2.99. The van der Waals surface area contributed by atoms with Gasteiger partial charge in [-0.15, -0.1) is 0 Å². The summed E-state index contributed by atoms with van der Waals surface area (Å²) in [5.74, 6) is 0. The number of hydrazine groups is 1. The summed E-state index contributed by atoms with van der Waals surface area (Å²) in [4.78, 5) is 0. The second-order valence-electron chi connectivity index (χ2n) is 4.30. The monoisotopic (exact) mass is 215 g/mol. The van der Waals surface area contributed by atoms with E-state index in [-0.39, 0.29) is 0 Å². The Bertz CT molecular complexity index is 400. The summed E-state index contributed by atoms with van der Waals surface area (Å²) in [6, 6.07) is 8.07. The molecule has 1 aliphatic rings. The first-order valence-electron chi connectivity index (χ1n) is 5.82. The van der Waals surface area contributed by atoms with Gasteiger partial charge in [-0.25, -0.2) is 5.01 Å². The summed E-state index contributed by atoms with van der Waals surface area (Å²) in [6.07, 6.45) is 3.87. The van der Waals surface area contributed by atoms with Crippen LogP contribution in [-0.2, 0) is 0 Å². The zero-order valence-electron chi connectivity index (χ0n) is 9.66. The topological polar surface area (TPSA) is 39.1 Å². The highest BCUT2D eigenvalue weighted by Crippen LogP contribution is 2.16. The molecule has 0 aromatic heterocycles. The molecule has 1 fully saturated rings. The largest absolute Gasteiger partial charge is 0.319 e. The zero-order valence-corrected chi connectivity index (χ0v) is 9.66. The number of rotatable bonds is 2. The van der Waals surface area contributed by atoms with E-state index in [0.29, 0.717) is 0 Å². The molecule has 3 nitrogen and oxygen atoms in total. The Labute approximate surface area is 96.7 Å². The second-order valence-corrected chi connectivity index (χ2v) is 4.30. The molecule has 0 spiro atoms. The Morgan fingerprint density at radius 3 is 2.62 bits per heavy atom. The molecule has 1 saturated heterocycles. The van der Waals surface area contributed by atoms with Gasteiger partial charge in [0, 0.05) is 18.8 Å². The van der Waals surface area contributed by atoms with Crippen LogP contribution in [0.5, 0.6) is 0 Å². The fourth-order valence-electron chi connectivity index (χ4n) is 2.05. The van der Waals surface area contributed by atoms with Gasteiger partial charge in [-0.05, 0) is 43.5 Å². The average Bonchev–Trinajstić information content (AvgIpc) is 2.31. The fourth-order valence-corrected chi connectivity index (χ4v) is 2.05. The van der Waals surface area contributed by atoms with E-state index in [2.05, 4.69) is 16.5 Å². The van der Waals surface area contributed by atoms with Crippen molar-refractivity contribution >= 4 is 5.69 Å². The predicted molar refractivity (Wildman–Crippen MR) is 64.9 cm³/mol. The number of piperidine rings is 1. The summed E-state index contributed by atoms with van der Waals surface area (Å²) < 4.78 is 0. The van der Waals surface area contributed by atoms with Crippen LogP contribution in [0.4, 0.5) is 5.69 Å². The maximum absolute atomic E-state index is 8.85. The molecule has 0 atom stereocenters. The van der Waals surface area contributed by atoms with Gasteiger partial charge in [0.1, 0.15) is 0 Å². The van der Waals surface area contributed by atoms with E-state index in [9.17, 15) is 0 Å². The second kappa shape index (κ2) is 5.00. The van der Waals surface area contributed by atoms with Gasteiger partial charge in [0.15, 0.2) is 0 Å². The van der Waals surface area contributed by atoms with Crippen molar-refractivity contribution in [1.82, 2.24) is 5.01 Å². The Balaban J connectivity index is 2.04. The van der Waals surface area contributed by atoms with Crippen molar-refractivity contribution in [1.29, 1.82) is 5.26 Å². The minimum atomic E-state index is 0.754. The molecule has 16 heavy (non-hydrogen) atoms. The molecule has 0 aliphatic carbocycles. The lowest BCUT2D eigenvalue weighted by molar-refractivity contribution is 0.273. The minimum Gasteiger partial charge on any atom is -0.319 e. The Hall–Kier alpha value is -1.53. The van der Waals surface area contributed by atoms with Crippen molar-refractivity contribution in [3.63, 3.8) is 0 Å². The summed E-state index contributed by atoms with van der Waals surface area (Å²) in [7, 11) is 0. The molecule has 1 aliphatic heterocycles. The summed E-state index contributed by atoms with van der Waals surface area (Å²) >= 11 is 0. The van der Waals surface area contributed by atoms with Crippen LogP contribution in [-0.4, -0.2) is 18.1 Å². The molecule has 0 unspecified atom stereocenters. The van der Waals surface area contributed by atoms with Gasteiger partial charge >= 0.3 is 0 Å². The standard InChI is InChI=1S/C13H17N3/c1-11-9-13(6-5-12(11)10-14)15-16-7-3-2-4-8-16/h5-6,9,15H,2-4,7-8H2,1H3. The molecule has 0 saturated carbocycles. The number of nitrogens with one attached hydrogen (secondary N) is 1. The summed E-state index contributed by atoms with van der Waals surface area (Å²) in [6.45, 7) is 4.19. The van der Waals surface area contributed by atoms with E-state index in [1.54, 1.807) is 0 Å². The Morgan fingerprint density at radius 1 is 1.25 bits per heavy atom. The number of aryl methyl sites for hydroxylation is 1. The molecule has 0 amide bonds. The van der Waals surface area contributed by atoms with Crippen LogP contribution < -0.4 is 5.43 Å². The molecule has 0 radical (unpaired) electrons. The third-order valence-electron chi connectivity index (χ3n) is 2.99. The summed E-state index contributed by atoms with van der Waals surface area (Å²) in [5.41, 5.74) is 6.26. The summed E-state index contributed by atoms with van der Waals surface area (Å²) in [5, 5.41) is 11.1. The Morgan fingerprint density at radius 2 is 2.00 bits per heavy atom. The molecule has 2 rings (SSSR count). The maximum Gasteiger partial charge on any atom is 0.0994 e. The van der Waals surface area contributed by atoms with Crippen molar-refractivity contribution in [2.75, 3.05) is 18.5 Å². The smallest absolute Gasteiger partial charge is 0.0994 e. The first-order chi connectivity index (χ1) is 7.79. The lowest BCUT2D eigenvalue weighted by atomic mass is 10.1. The van der Waals surface area contributed by atoms with Gasteiger partial charge in [0.2, 0.25) is 0 Å². The van der Waals surface area contributed by atoms with Crippen LogP contribution in [0.25, 0.3) is 0 Å². The van der Waals surface area contributed by atoms with Gasteiger partial charge < -0.3 is 5.43 Å². The quantitative estimate of drug-likeness (QED) is 0.824. The molecular formula is C13H17N3. The van der Waals surface area contributed by atoms with E-state index >= 15 is 0 Å². The highest BCUT2D eigenvalue weighted by atomic mass is 15.5. The van der Waals surface area contributed by atoms with Crippen molar-refractivity contribution in [2.45, 2.75) is 26.2 Å². The molecule has 0 bridgehead atoms. The highest BCUT2D eigenvalue weighted by molar-refractivity contribution is 5.51. The van der Waals surface area contributed by atoms with Gasteiger partial charge in [-0.1, -0.05) is 6.42 Å². The molecule has 1 heterocycles. The highest BCUT2D eigenvalue weighted by Gasteiger charge is 2.09. The number of nitriles is 1.